The Kier molecular flexibility index (Phi) is 2.68. The van der Waals surface area contributed by atoms with Crippen LogP contribution >= 0.6 is 11.3 Å². The molecule has 2 nitrogen and oxygen atoms in total. The molecule has 74 valence electrons. The third-order valence-electron chi connectivity index (χ3n) is 2.35. The maximum absolute atomic E-state index is 11.5. The van der Waals surface area contributed by atoms with Crippen LogP contribution in [-0.2, 0) is 11.3 Å². The van der Waals surface area contributed by atoms with Crippen LogP contribution < -0.4 is 0 Å². The molecule has 3 heteroatoms. The Balaban J connectivity index is 2.04. The highest BCUT2D eigenvalue weighted by molar-refractivity contribution is 7.09. The first kappa shape index (κ1) is 9.46. The van der Waals surface area contributed by atoms with Crippen LogP contribution in [0.2, 0.25) is 0 Å². The summed E-state index contributed by atoms with van der Waals surface area (Å²) in [4.78, 5) is 14.7. The van der Waals surface area contributed by atoms with Crippen LogP contribution in [0.15, 0.2) is 30.2 Å². The fourth-order valence-corrected chi connectivity index (χ4v) is 2.16. The van der Waals surface area contributed by atoms with Crippen molar-refractivity contribution in [3.8, 4) is 0 Å². The molecule has 1 heterocycles. The highest BCUT2D eigenvalue weighted by atomic mass is 32.1. The van der Waals surface area contributed by atoms with E-state index in [-0.39, 0.29) is 5.91 Å². The van der Waals surface area contributed by atoms with Gasteiger partial charge in [-0.15, -0.1) is 11.3 Å². The third-order valence-corrected chi connectivity index (χ3v) is 3.21. The average molecular weight is 207 g/mol. The molecule has 1 saturated carbocycles. The second kappa shape index (κ2) is 3.96. The first-order valence-corrected chi connectivity index (χ1v) is 5.64. The van der Waals surface area contributed by atoms with E-state index < -0.39 is 0 Å². The Hall–Kier alpha value is -1.09. The summed E-state index contributed by atoms with van der Waals surface area (Å²) < 4.78 is 0. The SMILES string of the molecule is C=CC(=O)N(Cc1cccs1)C1CC1. The molecule has 1 aliphatic carbocycles. The standard InChI is InChI=1S/C11H13NOS/c1-2-11(13)12(9-5-6-9)8-10-4-3-7-14-10/h2-4,7,9H,1,5-6,8H2. The minimum absolute atomic E-state index is 0.0564. The molecule has 0 radical (unpaired) electrons. The van der Waals surface area contributed by atoms with Gasteiger partial charge in [0.1, 0.15) is 0 Å². The van der Waals surface area contributed by atoms with Gasteiger partial charge < -0.3 is 4.90 Å². The van der Waals surface area contributed by atoms with E-state index in [0.29, 0.717) is 6.04 Å². The van der Waals surface area contributed by atoms with Crippen molar-refractivity contribution in [2.24, 2.45) is 0 Å². The molecule has 1 aromatic heterocycles. The summed E-state index contributed by atoms with van der Waals surface area (Å²) in [5.74, 6) is 0.0564. The number of nitrogens with zero attached hydrogens (tertiary/aromatic N) is 1. The van der Waals surface area contributed by atoms with E-state index >= 15 is 0 Å². The molecule has 1 fully saturated rings. The van der Waals surface area contributed by atoms with Gasteiger partial charge in [0.15, 0.2) is 0 Å². The Morgan fingerprint density at radius 2 is 2.50 bits per heavy atom. The summed E-state index contributed by atoms with van der Waals surface area (Å²) in [5.41, 5.74) is 0. The number of carbonyl (C=O) groups excluding carboxylic acids is 1. The van der Waals surface area contributed by atoms with Crippen molar-refractivity contribution in [1.82, 2.24) is 4.90 Å². The van der Waals surface area contributed by atoms with Gasteiger partial charge in [-0.1, -0.05) is 12.6 Å². The molecule has 0 saturated heterocycles. The zero-order valence-electron chi connectivity index (χ0n) is 7.98. The third kappa shape index (κ3) is 2.04. The monoisotopic (exact) mass is 207 g/mol. The lowest BCUT2D eigenvalue weighted by molar-refractivity contribution is -0.127. The number of rotatable bonds is 4. The summed E-state index contributed by atoms with van der Waals surface area (Å²) in [6.45, 7) is 4.28. The van der Waals surface area contributed by atoms with Crippen molar-refractivity contribution in [3.05, 3.63) is 35.0 Å². The van der Waals surface area contributed by atoms with E-state index in [2.05, 4.69) is 12.6 Å². The maximum Gasteiger partial charge on any atom is 0.246 e. The fourth-order valence-electron chi connectivity index (χ4n) is 1.46. The molecule has 0 aliphatic heterocycles. The minimum atomic E-state index is 0.0564. The first-order chi connectivity index (χ1) is 6.81. The van der Waals surface area contributed by atoms with Gasteiger partial charge in [-0.3, -0.25) is 4.79 Å². The van der Waals surface area contributed by atoms with Gasteiger partial charge in [0.05, 0.1) is 6.54 Å². The summed E-state index contributed by atoms with van der Waals surface area (Å²) in [6.07, 6.45) is 3.70. The lowest BCUT2D eigenvalue weighted by atomic mass is 10.3. The van der Waals surface area contributed by atoms with Crippen molar-refractivity contribution >= 4 is 17.2 Å². The Labute approximate surface area is 87.9 Å². The fraction of sp³-hybridized carbons (Fsp3) is 0.364. The predicted octanol–water partition coefficient (Wildman–Crippen LogP) is 2.43. The van der Waals surface area contributed by atoms with E-state index in [1.54, 1.807) is 11.3 Å². The minimum Gasteiger partial charge on any atom is -0.331 e. The highest BCUT2D eigenvalue weighted by Gasteiger charge is 2.31. The van der Waals surface area contributed by atoms with E-state index in [4.69, 9.17) is 0 Å². The molecule has 0 atom stereocenters. The molecule has 0 spiro atoms. The average Bonchev–Trinajstić information content (AvgIpc) is 2.92. The number of carbonyl (C=O) groups is 1. The predicted molar refractivity (Wildman–Crippen MR) is 58.1 cm³/mol. The van der Waals surface area contributed by atoms with Crippen LogP contribution in [0.25, 0.3) is 0 Å². The van der Waals surface area contributed by atoms with E-state index in [9.17, 15) is 4.79 Å². The van der Waals surface area contributed by atoms with Gasteiger partial charge in [-0.05, 0) is 30.4 Å². The quantitative estimate of drug-likeness (QED) is 0.694. The maximum atomic E-state index is 11.5. The summed E-state index contributed by atoms with van der Waals surface area (Å²) in [5, 5.41) is 2.04. The summed E-state index contributed by atoms with van der Waals surface area (Å²) in [7, 11) is 0. The molecule has 1 amide bonds. The molecule has 1 aliphatic rings. The lowest BCUT2D eigenvalue weighted by Gasteiger charge is -2.19. The second-order valence-corrected chi connectivity index (χ2v) is 4.51. The van der Waals surface area contributed by atoms with Crippen LogP contribution in [0, 0.1) is 0 Å². The Morgan fingerprint density at radius 3 is 3.00 bits per heavy atom. The van der Waals surface area contributed by atoms with Crippen LogP contribution in [-0.4, -0.2) is 16.8 Å². The van der Waals surface area contributed by atoms with E-state index in [0.717, 1.165) is 19.4 Å². The molecule has 0 N–H and O–H groups in total. The summed E-state index contributed by atoms with van der Waals surface area (Å²) >= 11 is 1.70. The zero-order chi connectivity index (χ0) is 9.97. The second-order valence-electron chi connectivity index (χ2n) is 3.48. The van der Waals surface area contributed by atoms with Gasteiger partial charge in [-0.2, -0.15) is 0 Å². The zero-order valence-corrected chi connectivity index (χ0v) is 8.80. The van der Waals surface area contributed by atoms with Gasteiger partial charge >= 0.3 is 0 Å². The topological polar surface area (TPSA) is 20.3 Å². The van der Waals surface area contributed by atoms with Crippen molar-refractivity contribution in [2.45, 2.75) is 25.4 Å². The van der Waals surface area contributed by atoms with E-state index in [1.807, 2.05) is 16.3 Å². The number of hydrogen-bond donors (Lipinski definition) is 0. The van der Waals surface area contributed by atoms with Crippen molar-refractivity contribution < 1.29 is 4.79 Å². The number of amides is 1. The molecule has 0 bridgehead atoms. The largest absolute Gasteiger partial charge is 0.331 e. The van der Waals surface area contributed by atoms with Crippen LogP contribution in [0.4, 0.5) is 0 Å². The van der Waals surface area contributed by atoms with Gasteiger partial charge in [0.2, 0.25) is 5.91 Å². The van der Waals surface area contributed by atoms with Gasteiger partial charge in [0, 0.05) is 10.9 Å². The number of hydrogen-bond acceptors (Lipinski definition) is 2. The van der Waals surface area contributed by atoms with Crippen molar-refractivity contribution in [1.29, 1.82) is 0 Å². The molecule has 14 heavy (non-hydrogen) atoms. The molecule has 0 aromatic carbocycles. The Bertz CT molecular complexity index is 327. The smallest absolute Gasteiger partial charge is 0.246 e. The van der Waals surface area contributed by atoms with Gasteiger partial charge in [0.25, 0.3) is 0 Å². The summed E-state index contributed by atoms with van der Waals surface area (Å²) in [6, 6.07) is 4.54. The number of thiophene rings is 1. The normalized spacial score (nSPS) is 15.1. The molecular weight excluding hydrogens is 194 g/mol. The van der Waals surface area contributed by atoms with Crippen LogP contribution in [0.1, 0.15) is 17.7 Å². The van der Waals surface area contributed by atoms with Crippen molar-refractivity contribution in [3.63, 3.8) is 0 Å². The molecular formula is C11H13NOS. The Morgan fingerprint density at radius 1 is 1.71 bits per heavy atom. The first-order valence-electron chi connectivity index (χ1n) is 4.76. The molecule has 1 aromatic rings. The van der Waals surface area contributed by atoms with Crippen molar-refractivity contribution in [2.75, 3.05) is 0 Å². The highest BCUT2D eigenvalue weighted by Crippen LogP contribution is 2.29. The molecule has 2 rings (SSSR count). The van der Waals surface area contributed by atoms with Gasteiger partial charge in [-0.25, -0.2) is 0 Å². The van der Waals surface area contributed by atoms with Crippen LogP contribution in [0.3, 0.4) is 0 Å². The van der Waals surface area contributed by atoms with Crippen LogP contribution in [0.5, 0.6) is 0 Å². The molecule has 0 unspecified atom stereocenters. The van der Waals surface area contributed by atoms with E-state index in [1.165, 1.54) is 11.0 Å². The lowest BCUT2D eigenvalue weighted by Crippen LogP contribution is -2.30.